The first-order valence-corrected chi connectivity index (χ1v) is 8.75. The zero-order valence-electron chi connectivity index (χ0n) is 13.5. The summed E-state index contributed by atoms with van der Waals surface area (Å²) in [6.07, 6.45) is 4.68. The van der Waals surface area contributed by atoms with Gasteiger partial charge < -0.3 is 16.2 Å². The first-order valence-electron chi connectivity index (χ1n) is 7.93. The van der Waals surface area contributed by atoms with Gasteiger partial charge in [-0.2, -0.15) is 0 Å². The van der Waals surface area contributed by atoms with Gasteiger partial charge in [0, 0.05) is 6.54 Å². The molecule has 0 unspecified atom stereocenters. The first-order chi connectivity index (χ1) is 10.9. The summed E-state index contributed by atoms with van der Waals surface area (Å²) in [4.78, 5) is 22.4. The third kappa shape index (κ3) is 3.16. The number of thiophene rings is 1. The average molecular weight is 334 g/mol. The van der Waals surface area contributed by atoms with Crippen LogP contribution in [0.1, 0.15) is 53.2 Å². The van der Waals surface area contributed by atoms with E-state index in [1.807, 2.05) is 6.92 Å². The van der Waals surface area contributed by atoms with Crippen molar-refractivity contribution in [3.05, 3.63) is 16.3 Å². The van der Waals surface area contributed by atoms with E-state index in [9.17, 15) is 9.90 Å². The number of nitrogens with two attached hydrogens (primary N) is 1. The molecule has 0 aromatic carbocycles. The molecule has 2 aromatic rings. The van der Waals surface area contributed by atoms with Crippen molar-refractivity contribution in [2.75, 3.05) is 12.3 Å². The number of aryl methyl sites for hydroxylation is 2. The number of nitrogen functional groups attached to an aromatic ring is 1. The number of nitrogens with zero attached hydrogens (tertiary/aromatic N) is 2. The molecule has 7 heteroatoms. The van der Waals surface area contributed by atoms with Crippen molar-refractivity contribution < 1.29 is 9.90 Å². The summed E-state index contributed by atoms with van der Waals surface area (Å²) in [5, 5.41) is 14.1. The molecule has 3 rings (SSSR count). The van der Waals surface area contributed by atoms with Gasteiger partial charge in [-0.25, -0.2) is 9.97 Å². The molecule has 0 spiro atoms. The number of anilines is 1. The van der Waals surface area contributed by atoms with Crippen molar-refractivity contribution in [2.24, 2.45) is 0 Å². The Hall–Kier alpha value is -1.73. The molecule has 1 aliphatic rings. The Morgan fingerprint density at radius 2 is 2.00 bits per heavy atom. The molecule has 1 aliphatic carbocycles. The van der Waals surface area contributed by atoms with Gasteiger partial charge >= 0.3 is 0 Å². The standard InChI is InChI=1S/C16H22N4O2S/c1-9-11-13(17)19-10(2)20-15(11)23-12(9)14(21)18-8-16(22)6-4-3-5-7-16/h22H,3-8H2,1-2H3,(H,18,21)(H2,17,19,20). The molecule has 2 heterocycles. The van der Waals surface area contributed by atoms with E-state index in [0.717, 1.165) is 47.9 Å². The highest BCUT2D eigenvalue weighted by Crippen LogP contribution is 2.33. The number of aromatic nitrogens is 2. The largest absolute Gasteiger partial charge is 0.388 e. The highest BCUT2D eigenvalue weighted by molar-refractivity contribution is 7.20. The predicted octanol–water partition coefficient (Wildman–Crippen LogP) is 2.32. The lowest BCUT2D eigenvalue weighted by atomic mass is 9.85. The number of fused-ring (bicyclic) bond motifs is 1. The zero-order valence-corrected chi connectivity index (χ0v) is 14.3. The maximum absolute atomic E-state index is 12.5. The fourth-order valence-corrected chi connectivity index (χ4v) is 4.36. The van der Waals surface area contributed by atoms with Crippen LogP contribution in [-0.2, 0) is 0 Å². The van der Waals surface area contributed by atoms with Gasteiger partial charge in [-0.05, 0) is 32.3 Å². The van der Waals surface area contributed by atoms with Crippen LogP contribution in [0, 0.1) is 13.8 Å². The van der Waals surface area contributed by atoms with Crippen molar-refractivity contribution in [1.82, 2.24) is 15.3 Å². The molecule has 0 aliphatic heterocycles. The summed E-state index contributed by atoms with van der Waals surface area (Å²) in [6.45, 7) is 3.93. The number of hydrogen-bond donors (Lipinski definition) is 3. The minimum Gasteiger partial charge on any atom is -0.388 e. The van der Waals surface area contributed by atoms with E-state index in [4.69, 9.17) is 5.73 Å². The Labute approximate surface area is 139 Å². The fourth-order valence-electron chi connectivity index (χ4n) is 3.21. The molecule has 2 aromatic heterocycles. The monoisotopic (exact) mass is 334 g/mol. The molecule has 0 saturated heterocycles. The Morgan fingerprint density at radius 3 is 2.70 bits per heavy atom. The zero-order chi connectivity index (χ0) is 16.6. The summed E-state index contributed by atoms with van der Waals surface area (Å²) in [6, 6.07) is 0. The van der Waals surface area contributed by atoms with E-state index >= 15 is 0 Å². The van der Waals surface area contributed by atoms with Crippen LogP contribution < -0.4 is 11.1 Å². The van der Waals surface area contributed by atoms with Crippen molar-refractivity contribution in [2.45, 2.75) is 51.6 Å². The first kappa shape index (κ1) is 16.1. The van der Waals surface area contributed by atoms with Crippen LogP contribution in [0.25, 0.3) is 10.2 Å². The fraction of sp³-hybridized carbons (Fsp3) is 0.562. The Kier molecular flexibility index (Phi) is 4.25. The SMILES string of the molecule is Cc1nc(N)c2c(C)c(C(=O)NCC3(O)CCCCC3)sc2n1. The molecular formula is C16H22N4O2S. The summed E-state index contributed by atoms with van der Waals surface area (Å²) >= 11 is 1.32. The van der Waals surface area contributed by atoms with Crippen LogP contribution in [0.4, 0.5) is 5.82 Å². The highest BCUT2D eigenvalue weighted by atomic mass is 32.1. The second-order valence-electron chi connectivity index (χ2n) is 6.36. The van der Waals surface area contributed by atoms with Gasteiger partial charge in [0.2, 0.25) is 0 Å². The van der Waals surface area contributed by atoms with E-state index in [2.05, 4.69) is 15.3 Å². The van der Waals surface area contributed by atoms with Gasteiger partial charge in [-0.3, -0.25) is 4.79 Å². The van der Waals surface area contributed by atoms with E-state index in [0.29, 0.717) is 23.1 Å². The third-order valence-electron chi connectivity index (χ3n) is 4.50. The molecule has 1 saturated carbocycles. The number of nitrogens with one attached hydrogen (secondary N) is 1. The second kappa shape index (κ2) is 6.05. The van der Waals surface area contributed by atoms with Crippen LogP contribution in [0.5, 0.6) is 0 Å². The summed E-state index contributed by atoms with van der Waals surface area (Å²) in [7, 11) is 0. The number of aliphatic hydroxyl groups is 1. The number of carbonyl (C=O) groups is 1. The van der Waals surface area contributed by atoms with E-state index < -0.39 is 5.60 Å². The molecule has 0 radical (unpaired) electrons. The molecule has 124 valence electrons. The lowest BCUT2D eigenvalue weighted by molar-refractivity contribution is 0.00529. The lowest BCUT2D eigenvalue weighted by Crippen LogP contribution is -2.44. The molecule has 0 atom stereocenters. The van der Waals surface area contributed by atoms with Crippen molar-refractivity contribution in [1.29, 1.82) is 0 Å². The molecule has 23 heavy (non-hydrogen) atoms. The van der Waals surface area contributed by atoms with Crippen molar-refractivity contribution >= 4 is 33.3 Å². The van der Waals surface area contributed by atoms with Crippen molar-refractivity contribution in [3.63, 3.8) is 0 Å². The van der Waals surface area contributed by atoms with Crippen LogP contribution in [-0.4, -0.2) is 33.1 Å². The molecule has 4 N–H and O–H groups in total. The maximum Gasteiger partial charge on any atom is 0.261 e. The van der Waals surface area contributed by atoms with Gasteiger partial charge in [0.1, 0.15) is 16.5 Å². The van der Waals surface area contributed by atoms with Crippen LogP contribution in [0.15, 0.2) is 0 Å². The summed E-state index contributed by atoms with van der Waals surface area (Å²) in [5.74, 6) is 0.826. The van der Waals surface area contributed by atoms with Crippen LogP contribution >= 0.6 is 11.3 Å². The van der Waals surface area contributed by atoms with Gasteiger partial charge in [0.15, 0.2) is 0 Å². The molecule has 6 nitrogen and oxygen atoms in total. The average Bonchev–Trinajstić information content (AvgIpc) is 2.82. The minimum absolute atomic E-state index is 0.179. The summed E-state index contributed by atoms with van der Waals surface area (Å²) < 4.78 is 0. The maximum atomic E-state index is 12.5. The molecule has 0 bridgehead atoms. The number of amides is 1. The Balaban J connectivity index is 1.81. The van der Waals surface area contributed by atoms with Crippen LogP contribution in [0.2, 0.25) is 0 Å². The topological polar surface area (TPSA) is 101 Å². The number of carbonyl (C=O) groups excluding carboxylic acids is 1. The van der Waals surface area contributed by atoms with Crippen LogP contribution in [0.3, 0.4) is 0 Å². The van der Waals surface area contributed by atoms with Gasteiger partial charge in [-0.1, -0.05) is 19.3 Å². The van der Waals surface area contributed by atoms with Gasteiger partial charge in [-0.15, -0.1) is 11.3 Å². The number of hydrogen-bond acceptors (Lipinski definition) is 6. The van der Waals surface area contributed by atoms with Gasteiger partial charge in [0.05, 0.1) is 15.9 Å². The molecular weight excluding hydrogens is 312 g/mol. The van der Waals surface area contributed by atoms with Crippen molar-refractivity contribution in [3.8, 4) is 0 Å². The van der Waals surface area contributed by atoms with E-state index in [-0.39, 0.29) is 5.91 Å². The van der Waals surface area contributed by atoms with E-state index in [1.165, 1.54) is 11.3 Å². The Morgan fingerprint density at radius 1 is 1.30 bits per heavy atom. The second-order valence-corrected chi connectivity index (χ2v) is 7.36. The molecule has 1 fully saturated rings. The lowest BCUT2D eigenvalue weighted by Gasteiger charge is -2.32. The van der Waals surface area contributed by atoms with E-state index in [1.54, 1.807) is 6.92 Å². The predicted molar refractivity (Wildman–Crippen MR) is 91.7 cm³/mol. The van der Waals surface area contributed by atoms with Gasteiger partial charge in [0.25, 0.3) is 5.91 Å². The quantitative estimate of drug-likeness (QED) is 0.799. The minimum atomic E-state index is -0.770. The highest BCUT2D eigenvalue weighted by Gasteiger charge is 2.30. The third-order valence-corrected chi connectivity index (χ3v) is 5.68. The molecule has 1 amide bonds. The smallest absolute Gasteiger partial charge is 0.261 e. The normalized spacial score (nSPS) is 17.3. The summed E-state index contributed by atoms with van der Waals surface area (Å²) in [5.41, 5.74) is 6.00. The number of rotatable bonds is 3. The Bertz CT molecular complexity index is 750.